The largest absolute Gasteiger partial charge is 0.340 e. The lowest BCUT2D eigenvalue weighted by Gasteiger charge is -2.14. The first-order chi connectivity index (χ1) is 13.1. The Morgan fingerprint density at radius 3 is 2.48 bits per heavy atom. The first-order valence-electron chi connectivity index (χ1n) is 8.23. The number of halogens is 1. The van der Waals surface area contributed by atoms with E-state index in [-0.39, 0.29) is 11.8 Å². The molecule has 1 aromatic heterocycles. The van der Waals surface area contributed by atoms with Crippen molar-refractivity contribution in [1.29, 1.82) is 0 Å². The second-order valence-electron chi connectivity index (χ2n) is 6.07. The van der Waals surface area contributed by atoms with Gasteiger partial charge in [0.1, 0.15) is 18.7 Å². The number of aromatic nitrogens is 3. The molecule has 27 heavy (non-hydrogen) atoms. The van der Waals surface area contributed by atoms with Gasteiger partial charge in [-0.2, -0.15) is 0 Å². The summed E-state index contributed by atoms with van der Waals surface area (Å²) in [7, 11) is 0. The average Bonchev–Trinajstić information content (AvgIpc) is 2.80. The molecule has 0 saturated heterocycles. The van der Waals surface area contributed by atoms with Gasteiger partial charge in [-0.25, -0.2) is 15.0 Å². The van der Waals surface area contributed by atoms with E-state index in [1.165, 1.54) is 12.7 Å². The molecule has 4 rings (SSSR count). The van der Waals surface area contributed by atoms with E-state index in [0.717, 1.165) is 11.1 Å². The first-order valence-corrected chi connectivity index (χ1v) is 8.60. The summed E-state index contributed by atoms with van der Waals surface area (Å²) in [5, 5.41) is 5.98. The van der Waals surface area contributed by atoms with Crippen LogP contribution in [0.1, 0.15) is 15.9 Å². The molecule has 1 unspecified atom stereocenters. The highest BCUT2D eigenvalue weighted by molar-refractivity contribution is 6.31. The molecule has 1 atom stereocenters. The van der Waals surface area contributed by atoms with E-state index in [4.69, 9.17) is 11.6 Å². The van der Waals surface area contributed by atoms with Gasteiger partial charge in [-0.3, -0.25) is 9.59 Å². The van der Waals surface area contributed by atoms with E-state index >= 15 is 0 Å². The summed E-state index contributed by atoms with van der Waals surface area (Å²) in [6.07, 6.45) is 3.23. The lowest BCUT2D eigenvalue weighted by molar-refractivity contribution is -0.117. The molecular formula is C19H14ClN5O2. The van der Waals surface area contributed by atoms with Crippen molar-refractivity contribution < 1.29 is 9.59 Å². The van der Waals surface area contributed by atoms with Gasteiger partial charge in [0.05, 0.1) is 11.3 Å². The van der Waals surface area contributed by atoms with E-state index in [1.54, 1.807) is 18.2 Å². The van der Waals surface area contributed by atoms with Crippen LogP contribution >= 0.6 is 11.6 Å². The monoisotopic (exact) mass is 379 g/mol. The summed E-state index contributed by atoms with van der Waals surface area (Å²) >= 11 is 5.96. The number of amides is 2. The van der Waals surface area contributed by atoms with Crippen LogP contribution in [-0.2, 0) is 11.2 Å². The molecule has 2 aromatic carbocycles. The van der Waals surface area contributed by atoms with Gasteiger partial charge in [0, 0.05) is 17.0 Å². The summed E-state index contributed by atoms with van der Waals surface area (Å²) in [6, 6.07) is 11.6. The smallest absolute Gasteiger partial charge is 0.254 e. The standard InChI is InChI=1S/C19H14ClN5O2/c20-13-5-6-15-14(8-13)18(26)25-16(19(27)24-15)7-11-1-3-12(4-2-11)17-22-9-21-10-23-17/h1-6,8-10,16H,7H2,(H,24,27)(H,25,26). The highest BCUT2D eigenvalue weighted by Crippen LogP contribution is 2.24. The van der Waals surface area contributed by atoms with Gasteiger partial charge in [0.25, 0.3) is 5.91 Å². The second kappa shape index (κ2) is 7.13. The first kappa shape index (κ1) is 17.1. The molecule has 2 heterocycles. The zero-order valence-electron chi connectivity index (χ0n) is 14.0. The maximum atomic E-state index is 12.5. The molecule has 2 amide bonds. The molecular weight excluding hydrogens is 366 g/mol. The number of rotatable bonds is 3. The van der Waals surface area contributed by atoms with Gasteiger partial charge in [0.15, 0.2) is 5.82 Å². The van der Waals surface area contributed by atoms with Crippen LogP contribution in [0.3, 0.4) is 0 Å². The van der Waals surface area contributed by atoms with Gasteiger partial charge < -0.3 is 10.6 Å². The van der Waals surface area contributed by atoms with Crippen molar-refractivity contribution in [2.24, 2.45) is 0 Å². The molecule has 2 N–H and O–H groups in total. The molecule has 0 aliphatic carbocycles. The normalized spacial score (nSPS) is 16.1. The highest BCUT2D eigenvalue weighted by Gasteiger charge is 2.28. The molecule has 0 radical (unpaired) electrons. The minimum absolute atomic E-state index is 0.272. The fourth-order valence-corrected chi connectivity index (χ4v) is 3.06. The van der Waals surface area contributed by atoms with Crippen LogP contribution in [0.5, 0.6) is 0 Å². The highest BCUT2D eigenvalue weighted by atomic mass is 35.5. The lowest BCUT2D eigenvalue weighted by atomic mass is 10.0. The number of hydrogen-bond acceptors (Lipinski definition) is 5. The van der Waals surface area contributed by atoms with E-state index in [9.17, 15) is 9.59 Å². The Bertz CT molecular complexity index is 1010. The quantitative estimate of drug-likeness (QED) is 0.728. The number of benzene rings is 2. The average molecular weight is 380 g/mol. The van der Waals surface area contributed by atoms with Gasteiger partial charge in [0.2, 0.25) is 5.91 Å². The number of carbonyl (C=O) groups excluding carboxylic acids is 2. The minimum Gasteiger partial charge on any atom is -0.340 e. The van der Waals surface area contributed by atoms with Crippen LogP contribution in [0.4, 0.5) is 5.69 Å². The predicted molar refractivity (Wildman–Crippen MR) is 100 cm³/mol. The van der Waals surface area contributed by atoms with Crippen molar-refractivity contribution in [2.75, 3.05) is 5.32 Å². The summed E-state index contributed by atoms with van der Waals surface area (Å²) in [6.45, 7) is 0. The number of hydrogen-bond donors (Lipinski definition) is 2. The number of nitrogens with one attached hydrogen (secondary N) is 2. The Kier molecular flexibility index (Phi) is 4.52. The second-order valence-corrected chi connectivity index (χ2v) is 6.50. The van der Waals surface area contributed by atoms with Crippen LogP contribution in [0.25, 0.3) is 11.4 Å². The Balaban J connectivity index is 1.53. The van der Waals surface area contributed by atoms with Crippen LogP contribution in [-0.4, -0.2) is 32.8 Å². The SMILES string of the molecule is O=C1NC(Cc2ccc(-c3ncncn3)cc2)C(=O)Nc2ccc(Cl)cc21. The molecule has 0 fully saturated rings. The van der Waals surface area contributed by atoms with Crippen molar-refractivity contribution in [2.45, 2.75) is 12.5 Å². The molecule has 3 aromatic rings. The van der Waals surface area contributed by atoms with Crippen molar-refractivity contribution in [3.63, 3.8) is 0 Å². The molecule has 8 heteroatoms. The van der Waals surface area contributed by atoms with Crippen molar-refractivity contribution in [1.82, 2.24) is 20.3 Å². The zero-order chi connectivity index (χ0) is 18.8. The summed E-state index contributed by atoms with van der Waals surface area (Å²) in [4.78, 5) is 37.0. The van der Waals surface area contributed by atoms with Gasteiger partial charge in [-0.15, -0.1) is 0 Å². The fraction of sp³-hybridized carbons (Fsp3) is 0.105. The van der Waals surface area contributed by atoms with E-state index in [0.29, 0.717) is 28.5 Å². The summed E-state index contributed by atoms with van der Waals surface area (Å²) < 4.78 is 0. The third-order valence-electron chi connectivity index (χ3n) is 4.25. The Labute approximate surface area is 159 Å². The third-order valence-corrected chi connectivity index (χ3v) is 4.49. The summed E-state index contributed by atoms with van der Waals surface area (Å²) in [5.74, 6) is -0.0342. The topological polar surface area (TPSA) is 96.9 Å². The maximum Gasteiger partial charge on any atom is 0.254 e. The number of fused-ring (bicyclic) bond motifs is 1. The van der Waals surface area contributed by atoms with Gasteiger partial charge >= 0.3 is 0 Å². The van der Waals surface area contributed by atoms with E-state index in [2.05, 4.69) is 25.6 Å². The fourth-order valence-electron chi connectivity index (χ4n) is 2.89. The zero-order valence-corrected chi connectivity index (χ0v) is 14.8. The number of anilines is 1. The van der Waals surface area contributed by atoms with Crippen molar-refractivity contribution >= 4 is 29.1 Å². The van der Waals surface area contributed by atoms with Crippen LogP contribution in [0, 0.1) is 0 Å². The van der Waals surface area contributed by atoms with Crippen molar-refractivity contribution in [3.8, 4) is 11.4 Å². The Hall–Kier alpha value is -3.32. The van der Waals surface area contributed by atoms with Crippen LogP contribution < -0.4 is 10.6 Å². The maximum absolute atomic E-state index is 12.5. The number of carbonyl (C=O) groups is 2. The molecule has 0 bridgehead atoms. The van der Waals surface area contributed by atoms with Crippen LogP contribution in [0.2, 0.25) is 5.02 Å². The summed E-state index contributed by atoms with van der Waals surface area (Å²) in [5.41, 5.74) is 2.55. The van der Waals surface area contributed by atoms with Gasteiger partial charge in [-0.1, -0.05) is 35.9 Å². The molecule has 1 aliphatic rings. The predicted octanol–water partition coefficient (Wildman–Crippen LogP) is 2.49. The molecule has 0 spiro atoms. The molecule has 134 valence electrons. The van der Waals surface area contributed by atoms with E-state index in [1.807, 2.05) is 24.3 Å². The molecule has 7 nitrogen and oxygen atoms in total. The lowest BCUT2D eigenvalue weighted by Crippen LogP contribution is -2.42. The third kappa shape index (κ3) is 3.63. The number of nitrogens with zero attached hydrogens (tertiary/aromatic N) is 3. The van der Waals surface area contributed by atoms with Crippen molar-refractivity contribution in [3.05, 3.63) is 71.3 Å². The Morgan fingerprint density at radius 1 is 1.00 bits per heavy atom. The van der Waals surface area contributed by atoms with E-state index < -0.39 is 6.04 Å². The molecule has 1 aliphatic heterocycles. The van der Waals surface area contributed by atoms with Crippen LogP contribution in [0.15, 0.2) is 55.1 Å². The van der Waals surface area contributed by atoms with Gasteiger partial charge in [-0.05, 0) is 23.8 Å². The molecule has 0 saturated carbocycles. The Morgan fingerprint density at radius 2 is 1.74 bits per heavy atom. The minimum atomic E-state index is -0.688.